The molecule has 9 nitrogen and oxygen atoms in total. The summed E-state index contributed by atoms with van der Waals surface area (Å²) >= 11 is 0. The molecule has 0 bridgehead atoms. The van der Waals surface area contributed by atoms with Crippen LogP contribution in [0.1, 0.15) is 53.8 Å². The molecule has 0 saturated carbocycles. The van der Waals surface area contributed by atoms with Crippen LogP contribution < -0.4 is 14.8 Å². The summed E-state index contributed by atoms with van der Waals surface area (Å²) in [6, 6.07) is 13.1. The molecule has 0 radical (unpaired) electrons. The highest BCUT2D eigenvalue weighted by atomic mass is 16.5. The lowest BCUT2D eigenvalue weighted by Gasteiger charge is -2.44. The Bertz CT molecular complexity index is 1110. The molecule has 4 rings (SSSR count). The van der Waals surface area contributed by atoms with E-state index in [0.29, 0.717) is 48.6 Å². The van der Waals surface area contributed by atoms with Crippen LogP contribution in [0.25, 0.3) is 0 Å². The number of carbonyl (C=O) groups excluding carboxylic acids is 3. The Hall–Kier alpha value is -3.59. The molecule has 0 unspecified atom stereocenters. The van der Waals surface area contributed by atoms with Gasteiger partial charge in [-0.25, -0.2) is 0 Å². The van der Waals surface area contributed by atoms with Gasteiger partial charge in [-0.05, 0) is 61.9 Å². The summed E-state index contributed by atoms with van der Waals surface area (Å²) in [5, 5.41) is 3.00. The van der Waals surface area contributed by atoms with Gasteiger partial charge in [0.2, 0.25) is 5.91 Å². The van der Waals surface area contributed by atoms with Gasteiger partial charge < -0.3 is 24.4 Å². The predicted octanol–water partition coefficient (Wildman–Crippen LogP) is 3.09. The third-order valence-corrected chi connectivity index (χ3v) is 7.29. The quantitative estimate of drug-likeness (QED) is 0.616. The van der Waals surface area contributed by atoms with Crippen LogP contribution in [0.2, 0.25) is 0 Å². The van der Waals surface area contributed by atoms with E-state index in [2.05, 4.69) is 5.32 Å². The average molecular weight is 510 g/mol. The van der Waals surface area contributed by atoms with Gasteiger partial charge in [-0.15, -0.1) is 0 Å². The fourth-order valence-corrected chi connectivity index (χ4v) is 4.86. The molecule has 2 aliphatic heterocycles. The molecule has 2 saturated heterocycles. The summed E-state index contributed by atoms with van der Waals surface area (Å²) in [5.74, 6) is 0.724. The summed E-state index contributed by atoms with van der Waals surface area (Å²) in [6.07, 6.45) is 1.59. The van der Waals surface area contributed by atoms with Crippen molar-refractivity contribution in [2.24, 2.45) is 0 Å². The second-order valence-corrected chi connectivity index (χ2v) is 9.52. The highest BCUT2D eigenvalue weighted by molar-refractivity contribution is 5.99. The minimum absolute atomic E-state index is 0.0223. The van der Waals surface area contributed by atoms with Crippen LogP contribution in [0.5, 0.6) is 11.5 Å². The van der Waals surface area contributed by atoms with Gasteiger partial charge in [-0.3, -0.25) is 19.3 Å². The molecule has 2 aliphatic rings. The average Bonchev–Trinajstić information content (AvgIpc) is 3.31. The minimum atomic E-state index is -0.967. The maximum absolute atomic E-state index is 13.8. The molecule has 2 aromatic rings. The fourth-order valence-electron chi connectivity index (χ4n) is 4.86. The highest BCUT2D eigenvalue weighted by Gasteiger charge is 2.54. The normalized spacial score (nSPS) is 19.4. The Kier molecular flexibility index (Phi) is 8.02. The lowest BCUT2D eigenvalue weighted by atomic mass is 9.96. The fraction of sp³-hybridized carbons (Fsp3) is 0.464. The Labute approximate surface area is 217 Å². The molecule has 2 heterocycles. The number of piperidine rings is 1. The second-order valence-electron chi connectivity index (χ2n) is 9.52. The van der Waals surface area contributed by atoms with Crippen molar-refractivity contribution >= 4 is 17.7 Å². The molecule has 1 spiro atoms. The van der Waals surface area contributed by atoms with Crippen molar-refractivity contribution in [2.75, 3.05) is 33.9 Å². The molecule has 2 fully saturated rings. The smallest absolute Gasteiger partial charge is 0.256 e. The Morgan fingerprint density at radius 1 is 0.946 bits per heavy atom. The molecular weight excluding hydrogens is 474 g/mol. The van der Waals surface area contributed by atoms with E-state index < -0.39 is 11.8 Å². The number of likely N-dealkylation sites (tertiary alicyclic amines) is 1. The van der Waals surface area contributed by atoms with Crippen molar-refractivity contribution in [1.82, 2.24) is 15.1 Å². The summed E-state index contributed by atoms with van der Waals surface area (Å²) in [4.78, 5) is 43.5. The summed E-state index contributed by atoms with van der Waals surface area (Å²) in [5.41, 5.74) is 0.0512. The van der Waals surface area contributed by atoms with Crippen LogP contribution in [0.3, 0.4) is 0 Å². The van der Waals surface area contributed by atoms with Crippen molar-refractivity contribution in [3.8, 4) is 11.5 Å². The van der Waals surface area contributed by atoms with Crippen LogP contribution in [0.4, 0.5) is 0 Å². The lowest BCUT2D eigenvalue weighted by molar-refractivity contribution is -0.128. The zero-order valence-electron chi connectivity index (χ0n) is 21.9. The molecule has 0 aliphatic carbocycles. The van der Waals surface area contributed by atoms with Crippen LogP contribution in [0.15, 0.2) is 48.5 Å². The topological polar surface area (TPSA) is 97.4 Å². The lowest BCUT2D eigenvalue weighted by Crippen LogP contribution is -2.60. The van der Waals surface area contributed by atoms with Crippen molar-refractivity contribution in [3.63, 3.8) is 0 Å². The molecule has 2 atom stereocenters. The van der Waals surface area contributed by atoms with Crippen LogP contribution in [-0.4, -0.2) is 79.2 Å². The predicted molar refractivity (Wildman–Crippen MR) is 138 cm³/mol. The maximum Gasteiger partial charge on any atom is 0.256 e. The Balaban J connectivity index is 1.56. The number of carbonyl (C=O) groups is 3. The number of rotatable bonds is 7. The molecule has 3 amide bonds. The van der Waals surface area contributed by atoms with Gasteiger partial charge in [0.05, 0.1) is 20.8 Å². The largest absolute Gasteiger partial charge is 0.497 e. The first kappa shape index (κ1) is 26.5. The van der Waals surface area contributed by atoms with E-state index in [4.69, 9.17) is 14.2 Å². The zero-order valence-corrected chi connectivity index (χ0v) is 21.9. The molecule has 37 heavy (non-hydrogen) atoms. The maximum atomic E-state index is 13.8. The first-order valence-corrected chi connectivity index (χ1v) is 12.7. The number of benzene rings is 2. The van der Waals surface area contributed by atoms with Crippen molar-refractivity contribution in [3.05, 3.63) is 59.7 Å². The second kappa shape index (κ2) is 11.2. The van der Waals surface area contributed by atoms with Gasteiger partial charge in [0.25, 0.3) is 11.8 Å². The summed E-state index contributed by atoms with van der Waals surface area (Å²) in [6.45, 7) is 4.83. The van der Waals surface area contributed by atoms with Gasteiger partial charge in [0.1, 0.15) is 23.3 Å². The van der Waals surface area contributed by atoms with E-state index in [-0.39, 0.29) is 30.4 Å². The van der Waals surface area contributed by atoms with Crippen molar-refractivity contribution in [2.45, 2.75) is 50.9 Å². The number of hydrogen-bond donors (Lipinski definition) is 1. The van der Waals surface area contributed by atoms with Crippen molar-refractivity contribution in [1.29, 1.82) is 0 Å². The number of ether oxygens (including phenoxy) is 3. The van der Waals surface area contributed by atoms with E-state index in [1.165, 1.54) is 0 Å². The van der Waals surface area contributed by atoms with E-state index >= 15 is 0 Å². The molecular formula is C28H35N3O6. The van der Waals surface area contributed by atoms with E-state index in [1.807, 2.05) is 13.8 Å². The number of hydrogen-bond acceptors (Lipinski definition) is 6. The van der Waals surface area contributed by atoms with E-state index in [9.17, 15) is 14.4 Å². The van der Waals surface area contributed by atoms with Crippen LogP contribution >= 0.6 is 0 Å². The van der Waals surface area contributed by atoms with Gasteiger partial charge >= 0.3 is 0 Å². The van der Waals surface area contributed by atoms with E-state index in [0.717, 1.165) is 6.42 Å². The summed E-state index contributed by atoms with van der Waals surface area (Å²) < 4.78 is 16.7. The number of nitrogens with one attached hydrogen (secondary N) is 1. The Morgan fingerprint density at radius 2 is 1.46 bits per heavy atom. The molecule has 9 heteroatoms. The highest BCUT2D eigenvalue weighted by Crippen LogP contribution is 2.39. The van der Waals surface area contributed by atoms with Gasteiger partial charge in [-0.1, -0.05) is 6.92 Å². The molecule has 1 N–H and O–H groups in total. The Morgan fingerprint density at radius 3 is 1.95 bits per heavy atom. The number of amides is 3. The standard InChI is InChI=1S/C28H35N3O6/c1-5-19(2)29-25(32)24-18-37-28(31(24)27(34)21-8-12-23(36-4)13-9-21)14-16-30(17-15-28)26(33)20-6-10-22(35-3)11-7-20/h6-13,19,24H,5,14-18H2,1-4H3,(H,29,32)/t19-,24-/m0/s1. The molecule has 2 aromatic carbocycles. The van der Waals surface area contributed by atoms with Crippen LogP contribution in [0, 0.1) is 0 Å². The van der Waals surface area contributed by atoms with Gasteiger partial charge in [0, 0.05) is 43.1 Å². The van der Waals surface area contributed by atoms with Gasteiger partial charge in [0.15, 0.2) is 0 Å². The minimum Gasteiger partial charge on any atom is -0.497 e. The van der Waals surface area contributed by atoms with E-state index in [1.54, 1.807) is 72.6 Å². The molecule has 198 valence electrons. The SMILES string of the molecule is CC[C@H](C)NC(=O)[C@@H]1COC2(CCN(C(=O)c3ccc(OC)cc3)CC2)N1C(=O)c1ccc(OC)cc1. The first-order chi connectivity index (χ1) is 17.8. The number of nitrogens with zero attached hydrogens (tertiary/aromatic N) is 2. The third kappa shape index (κ3) is 5.41. The molecule has 0 aromatic heterocycles. The third-order valence-electron chi connectivity index (χ3n) is 7.29. The number of methoxy groups -OCH3 is 2. The zero-order chi connectivity index (χ0) is 26.6. The summed E-state index contributed by atoms with van der Waals surface area (Å²) in [7, 11) is 3.15. The monoisotopic (exact) mass is 509 g/mol. The van der Waals surface area contributed by atoms with Crippen LogP contribution in [-0.2, 0) is 9.53 Å². The van der Waals surface area contributed by atoms with Gasteiger partial charge in [-0.2, -0.15) is 0 Å². The van der Waals surface area contributed by atoms with Crippen molar-refractivity contribution < 1.29 is 28.6 Å². The first-order valence-electron chi connectivity index (χ1n) is 12.7.